The van der Waals surface area contributed by atoms with Gasteiger partial charge in [-0.2, -0.15) is 5.21 Å². The fraction of sp³-hybridized carbons (Fsp3) is 0.192. The minimum absolute atomic E-state index is 0.380. The third-order valence-corrected chi connectivity index (χ3v) is 6.08. The lowest BCUT2D eigenvalue weighted by Crippen LogP contribution is -2.09. The molecule has 0 saturated carbocycles. The summed E-state index contributed by atoms with van der Waals surface area (Å²) >= 11 is 0. The Hall–Kier alpha value is -4.53. The van der Waals surface area contributed by atoms with E-state index in [1.165, 1.54) is 7.11 Å². The predicted octanol–water partition coefficient (Wildman–Crippen LogP) is 4.32. The number of aromatic nitrogens is 6. The van der Waals surface area contributed by atoms with Crippen molar-refractivity contribution in [1.29, 1.82) is 0 Å². The number of H-pyrrole nitrogens is 1. The van der Waals surface area contributed by atoms with Gasteiger partial charge in [-0.05, 0) is 34.0 Å². The molecule has 5 rings (SSSR count). The molecule has 0 radical (unpaired) electrons. The highest BCUT2D eigenvalue weighted by atomic mass is 16.5. The van der Waals surface area contributed by atoms with Crippen LogP contribution in [0, 0.1) is 0 Å². The molecule has 0 unspecified atom stereocenters. The zero-order valence-corrected chi connectivity index (χ0v) is 19.7. The van der Waals surface area contributed by atoms with Crippen LogP contribution in [-0.4, -0.2) is 50.3 Å². The van der Waals surface area contributed by atoms with Gasteiger partial charge in [-0.1, -0.05) is 55.5 Å². The summed E-state index contributed by atoms with van der Waals surface area (Å²) in [6.07, 6.45) is 0.731. The van der Waals surface area contributed by atoms with Gasteiger partial charge in [0.2, 0.25) is 5.82 Å². The van der Waals surface area contributed by atoms with Crippen molar-refractivity contribution in [1.82, 2.24) is 30.2 Å². The highest BCUT2D eigenvalue weighted by Gasteiger charge is 2.21. The number of ether oxygens (including phenoxy) is 1. The monoisotopic (exact) mass is 467 g/mol. The molecule has 0 saturated heterocycles. The van der Waals surface area contributed by atoms with E-state index in [0.717, 1.165) is 51.2 Å². The number of anilines is 1. The number of aryl methyl sites for hydroxylation is 1. The van der Waals surface area contributed by atoms with Gasteiger partial charge in [0.15, 0.2) is 0 Å². The molecule has 0 spiro atoms. The summed E-state index contributed by atoms with van der Waals surface area (Å²) < 4.78 is 7.16. The number of aromatic amines is 1. The number of methoxy groups -OCH3 is 1. The Labute approximate surface area is 202 Å². The Morgan fingerprint density at radius 1 is 1.06 bits per heavy atom. The molecular weight excluding hydrogens is 442 g/mol. The molecule has 0 aliphatic heterocycles. The number of rotatable bonds is 7. The average molecular weight is 468 g/mol. The Kier molecular flexibility index (Phi) is 5.97. The molecule has 5 aromatic rings. The maximum absolute atomic E-state index is 12.6. The minimum Gasteiger partial charge on any atom is -0.465 e. The number of esters is 1. The third-order valence-electron chi connectivity index (χ3n) is 6.08. The number of benzene rings is 3. The smallest absolute Gasteiger partial charge is 0.340 e. The number of carbonyl (C=O) groups excluding carboxylic acids is 1. The summed E-state index contributed by atoms with van der Waals surface area (Å²) in [7, 11) is 3.25. The molecule has 2 aromatic heterocycles. The number of nitrogens with one attached hydrogen (secondary N) is 2. The van der Waals surface area contributed by atoms with Crippen molar-refractivity contribution in [2.75, 3.05) is 19.5 Å². The van der Waals surface area contributed by atoms with Gasteiger partial charge < -0.3 is 14.6 Å². The van der Waals surface area contributed by atoms with E-state index in [0.29, 0.717) is 17.9 Å². The quantitative estimate of drug-likeness (QED) is 0.343. The van der Waals surface area contributed by atoms with Gasteiger partial charge in [-0.15, -0.1) is 10.2 Å². The fourth-order valence-corrected chi connectivity index (χ4v) is 4.38. The van der Waals surface area contributed by atoms with Gasteiger partial charge in [-0.3, -0.25) is 0 Å². The molecule has 0 atom stereocenters. The number of fused-ring (bicyclic) bond motifs is 1. The van der Waals surface area contributed by atoms with Crippen molar-refractivity contribution in [2.24, 2.45) is 0 Å². The molecule has 0 amide bonds. The summed E-state index contributed by atoms with van der Waals surface area (Å²) in [6, 6.07) is 20.0. The largest absolute Gasteiger partial charge is 0.465 e. The van der Waals surface area contributed by atoms with E-state index in [1.54, 1.807) is 6.07 Å². The van der Waals surface area contributed by atoms with Gasteiger partial charge in [0, 0.05) is 25.6 Å². The molecule has 0 fully saturated rings. The first-order chi connectivity index (χ1) is 17.1. The van der Waals surface area contributed by atoms with Crippen LogP contribution in [0.25, 0.3) is 33.5 Å². The first kappa shape index (κ1) is 22.3. The van der Waals surface area contributed by atoms with Crippen molar-refractivity contribution in [2.45, 2.75) is 19.9 Å². The molecule has 3 aromatic carbocycles. The zero-order valence-electron chi connectivity index (χ0n) is 19.7. The van der Waals surface area contributed by atoms with Gasteiger partial charge in [-0.25, -0.2) is 9.78 Å². The Morgan fingerprint density at radius 3 is 2.49 bits per heavy atom. The Balaban J connectivity index is 1.55. The second-order valence-electron chi connectivity index (χ2n) is 8.05. The summed E-state index contributed by atoms with van der Waals surface area (Å²) in [5.41, 5.74) is 6.97. The number of hydrogen-bond acceptors (Lipinski definition) is 7. The summed E-state index contributed by atoms with van der Waals surface area (Å²) in [5.74, 6) is 1.08. The number of carbonyl (C=O) groups is 1. The van der Waals surface area contributed by atoms with E-state index in [1.807, 2.05) is 37.4 Å². The highest BCUT2D eigenvalue weighted by Crippen LogP contribution is 2.31. The first-order valence-electron chi connectivity index (χ1n) is 11.3. The lowest BCUT2D eigenvalue weighted by Gasteiger charge is -2.13. The fourth-order valence-electron chi connectivity index (χ4n) is 4.38. The first-order valence-corrected chi connectivity index (χ1v) is 11.3. The molecule has 9 nitrogen and oxygen atoms in total. The van der Waals surface area contributed by atoms with Gasteiger partial charge >= 0.3 is 5.97 Å². The lowest BCUT2D eigenvalue weighted by atomic mass is 9.98. The Bertz CT molecular complexity index is 1490. The van der Waals surface area contributed by atoms with Crippen LogP contribution in [-0.2, 0) is 17.7 Å². The van der Waals surface area contributed by atoms with Crippen molar-refractivity contribution in [3.63, 3.8) is 0 Å². The second-order valence-corrected chi connectivity index (χ2v) is 8.05. The third kappa shape index (κ3) is 4.01. The van der Waals surface area contributed by atoms with E-state index in [9.17, 15) is 4.79 Å². The number of imidazole rings is 1. The highest BCUT2D eigenvalue weighted by molar-refractivity contribution is 6.05. The molecule has 0 bridgehead atoms. The maximum atomic E-state index is 12.6. The number of hydrogen-bond donors (Lipinski definition) is 2. The lowest BCUT2D eigenvalue weighted by molar-refractivity contribution is 0.0602. The van der Waals surface area contributed by atoms with E-state index in [-0.39, 0.29) is 5.97 Å². The van der Waals surface area contributed by atoms with Crippen molar-refractivity contribution in [3.8, 4) is 22.5 Å². The van der Waals surface area contributed by atoms with Crippen LogP contribution in [0.15, 0.2) is 60.7 Å². The van der Waals surface area contributed by atoms with Crippen LogP contribution in [0.5, 0.6) is 0 Å². The normalized spacial score (nSPS) is 11.1. The van der Waals surface area contributed by atoms with E-state index in [4.69, 9.17) is 9.72 Å². The summed E-state index contributed by atoms with van der Waals surface area (Å²) in [6.45, 7) is 2.64. The minimum atomic E-state index is -0.380. The molecule has 0 aliphatic rings. The topological polar surface area (TPSA) is 111 Å². The van der Waals surface area contributed by atoms with Crippen LogP contribution in [0.3, 0.4) is 0 Å². The SMILES string of the molecule is CCc1nc2c(NC)ccc(C(=O)OC)c2n1Cc1ccc(-c2ccccc2-c2nn[nH]n2)cc1. The standard InChI is InChI=1S/C26H25N7O2/c1-4-22-28-23-21(27-2)14-13-20(26(34)35-3)24(23)33(22)15-16-9-11-17(12-10-16)18-7-5-6-8-19(18)25-29-31-32-30-25/h5-14,27H,4,15H2,1-3H3,(H,29,30,31,32). The predicted molar refractivity (Wildman–Crippen MR) is 134 cm³/mol. The van der Waals surface area contributed by atoms with E-state index < -0.39 is 0 Å². The average Bonchev–Trinajstić information content (AvgIpc) is 3.57. The van der Waals surface area contributed by atoms with Crippen LogP contribution < -0.4 is 5.32 Å². The van der Waals surface area contributed by atoms with Crippen molar-refractivity contribution in [3.05, 3.63) is 77.6 Å². The van der Waals surface area contributed by atoms with Crippen LogP contribution in [0.2, 0.25) is 0 Å². The van der Waals surface area contributed by atoms with Crippen LogP contribution in [0.1, 0.15) is 28.7 Å². The van der Waals surface area contributed by atoms with Crippen molar-refractivity contribution < 1.29 is 9.53 Å². The number of nitrogens with zero attached hydrogens (tertiary/aromatic N) is 5. The molecular formula is C26H25N7O2. The molecule has 2 heterocycles. The second kappa shape index (κ2) is 9.38. The van der Waals surface area contributed by atoms with Crippen LogP contribution >= 0.6 is 0 Å². The molecule has 9 heteroatoms. The number of tetrazole rings is 1. The Morgan fingerprint density at radius 2 is 1.83 bits per heavy atom. The molecule has 35 heavy (non-hydrogen) atoms. The zero-order chi connectivity index (χ0) is 24.4. The van der Waals surface area contributed by atoms with E-state index in [2.05, 4.69) is 61.7 Å². The molecule has 2 N–H and O–H groups in total. The van der Waals surface area contributed by atoms with E-state index >= 15 is 0 Å². The summed E-state index contributed by atoms with van der Waals surface area (Å²) in [5, 5.41) is 17.6. The van der Waals surface area contributed by atoms with Gasteiger partial charge in [0.1, 0.15) is 11.3 Å². The van der Waals surface area contributed by atoms with Gasteiger partial charge in [0.25, 0.3) is 0 Å². The summed E-state index contributed by atoms with van der Waals surface area (Å²) in [4.78, 5) is 17.4. The van der Waals surface area contributed by atoms with Gasteiger partial charge in [0.05, 0.1) is 23.9 Å². The van der Waals surface area contributed by atoms with Crippen molar-refractivity contribution >= 4 is 22.7 Å². The maximum Gasteiger partial charge on any atom is 0.340 e. The van der Waals surface area contributed by atoms with Crippen LogP contribution in [0.4, 0.5) is 5.69 Å². The molecule has 176 valence electrons. The molecule has 0 aliphatic carbocycles.